The molecule has 2 saturated heterocycles. The van der Waals surface area contributed by atoms with Crippen LogP contribution >= 0.6 is 0 Å². The van der Waals surface area contributed by atoms with E-state index in [-0.39, 0.29) is 23.4 Å². The summed E-state index contributed by atoms with van der Waals surface area (Å²) in [5.74, 6) is 0.462. The molecule has 1 aromatic rings. The Morgan fingerprint density at radius 3 is 2.88 bits per heavy atom. The Balaban J connectivity index is 1.78. The summed E-state index contributed by atoms with van der Waals surface area (Å²) in [6.45, 7) is 10.1. The number of carbonyl (C=O) groups excluding carboxylic acids is 1. The monoisotopic (exact) mass is 364 g/mol. The van der Waals surface area contributed by atoms with E-state index in [0.29, 0.717) is 19.1 Å². The average Bonchev–Trinajstić information content (AvgIpc) is 3.29. The standard InChI is InChI=1S/C19H32N4O3/c1-19(2,3)23-17(24)9-14(10-20-16-5-7-26-13-16)18(23)15-11-21-22(12-15)6-8-25-4/h11-12,14,16,18,20H,5-10,13H2,1-4H3/t14-,16-,18+/m0/s1. The molecule has 0 spiro atoms. The number of carbonyl (C=O) groups is 1. The molecule has 26 heavy (non-hydrogen) atoms. The Morgan fingerprint density at radius 2 is 2.23 bits per heavy atom. The number of hydrogen-bond acceptors (Lipinski definition) is 5. The summed E-state index contributed by atoms with van der Waals surface area (Å²) in [6.07, 6.45) is 5.59. The van der Waals surface area contributed by atoms with Crippen molar-refractivity contribution in [2.24, 2.45) is 5.92 Å². The van der Waals surface area contributed by atoms with Crippen LogP contribution in [-0.2, 0) is 20.8 Å². The molecule has 3 rings (SSSR count). The van der Waals surface area contributed by atoms with Gasteiger partial charge in [-0.15, -0.1) is 0 Å². The fraction of sp³-hybridized carbons (Fsp3) is 0.789. The van der Waals surface area contributed by atoms with Crippen LogP contribution in [0.3, 0.4) is 0 Å². The highest BCUT2D eigenvalue weighted by atomic mass is 16.5. The van der Waals surface area contributed by atoms with E-state index in [2.05, 4.69) is 37.4 Å². The van der Waals surface area contributed by atoms with Crippen molar-refractivity contribution < 1.29 is 14.3 Å². The second-order valence-corrected chi connectivity index (χ2v) is 8.34. The van der Waals surface area contributed by atoms with Crippen LogP contribution in [0.15, 0.2) is 12.4 Å². The Bertz CT molecular complexity index is 604. The molecular formula is C19H32N4O3. The second kappa shape index (κ2) is 8.06. The number of hydrogen-bond donors (Lipinski definition) is 1. The Hall–Kier alpha value is -1.44. The lowest BCUT2D eigenvalue weighted by atomic mass is 9.93. The SMILES string of the molecule is COCCn1cc([C@H]2[C@H](CN[C@H]3CCOC3)CC(=O)N2C(C)(C)C)cn1. The fourth-order valence-corrected chi connectivity index (χ4v) is 4.05. The number of amides is 1. The van der Waals surface area contributed by atoms with Crippen LogP contribution in [0.25, 0.3) is 0 Å². The lowest BCUT2D eigenvalue weighted by molar-refractivity contribution is -0.133. The van der Waals surface area contributed by atoms with Crippen LogP contribution in [0.1, 0.15) is 45.2 Å². The van der Waals surface area contributed by atoms with Gasteiger partial charge in [0.25, 0.3) is 0 Å². The van der Waals surface area contributed by atoms with Gasteiger partial charge < -0.3 is 19.7 Å². The van der Waals surface area contributed by atoms with Gasteiger partial charge in [-0.3, -0.25) is 9.48 Å². The summed E-state index contributed by atoms with van der Waals surface area (Å²) in [4.78, 5) is 14.9. The zero-order valence-corrected chi connectivity index (χ0v) is 16.4. The van der Waals surface area contributed by atoms with Gasteiger partial charge in [0.05, 0.1) is 32.0 Å². The summed E-state index contributed by atoms with van der Waals surface area (Å²) in [5, 5.41) is 8.08. The van der Waals surface area contributed by atoms with Gasteiger partial charge in [0.2, 0.25) is 5.91 Å². The minimum absolute atomic E-state index is 0.0496. The molecule has 0 aliphatic carbocycles. The van der Waals surface area contributed by atoms with Gasteiger partial charge in [0.1, 0.15) is 0 Å². The van der Waals surface area contributed by atoms with E-state index in [1.165, 1.54) is 0 Å². The van der Waals surface area contributed by atoms with E-state index in [9.17, 15) is 4.79 Å². The molecule has 7 nitrogen and oxygen atoms in total. The van der Waals surface area contributed by atoms with E-state index in [4.69, 9.17) is 9.47 Å². The fourth-order valence-electron chi connectivity index (χ4n) is 4.05. The van der Waals surface area contributed by atoms with Crippen molar-refractivity contribution in [3.8, 4) is 0 Å². The van der Waals surface area contributed by atoms with Crippen LogP contribution in [0.5, 0.6) is 0 Å². The molecule has 3 heterocycles. The minimum atomic E-state index is -0.221. The van der Waals surface area contributed by atoms with Crippen LogP contribution in [0.4, 0.5) is 0 Å². The van der Waals surface area contributed by atoms with E-state index in [1.807, 2.05) is 15.8 Å². The summed E-state index contributed by atoms with van der Waals surface area (Å²) in [6, 6.07) is 0.451. The molecule has 0 radical (unpaired) electrons. The van der Waals surface area contributed by atoms with Gasteiger partial charge in [-0.2, -0.15) is 5.10 Å². The molecule has 7 heteroatoms. The summed E-state index contributed by atoms with van der Waals surface area (Å²) < 4.78 is 12.5. The molecule has 3 atom stereocenters. The van der Waals surface area contributed by atoms with E-state index in [1.54, 1.807) is 7.11 Å². The van der Waals surface area contributed by atoms with Crippen molar-refractivity contribution in [3.05, 3.63) is 18.0 Å². The lowest BCUT2D eigenvalue weighted by Crippen LogP contribution is -2.45. The molecule has 2 fully saturated rings. The van der Waals surface area contributed by atoms with Crippen molar-refractivity contribution in [2.75, 3.05) is 33.5 Å². The highest BCUT2D eigenvalue weighted by molar-refractivity contribution is 5.80. The molecule has 1 aromatic heterocycles. The zero-order chi connectivity index (χ0) is 18.7. The molecule has 2 aliphatic rings. The van der Waals surface area contributed by atoms with Gasteiger partial charge >= 0.3 is 0 Å². The van der Waals surface area contributed by atoms with Crippen LogP contribution in [0, 0.1) is 5.92 Å². The van der Waals surface area contributed by atoms with Gasteiger partial charge in [0.15, 0.2) is 0 Å². The summed E-state index contributed by atoms with van der Waals surface area (Å²) in [5.41, 5.74) is 0.887. The lowest BCUT2D eigenvalue weighted by Gasteiger charge is -2.38. The number of nitrogens with one attached hydrogen (secondary N) is 1. The van der Waals surface area contributed by atoms with Gasteiger partial charge in [-0.05, 0) is 27.2 Å². The highest BCUT2D eigenvalue weighted by Gasteiger charge is 2.45. The minimum Gasteiger partial charge on any atom is -0.383 e. The molecule has 1 amide bonds. The first-order valence-corrected chi connectivity index (χ1v) is 9.54. The molecular weight excluding hydrogens is 332 g/mol. The van der Waals surface area contributed by atoms with Crippen LogP contribution in [0.2, 0.25) is 0 Å². The first-order chi connectivity index (χ1) is 12.4. The highest BCUT2D eigenvalue weighted by Crippen LogP contribution is 2.42. The smallest absolute Gasteiger partial charge is 0.223 e. The van der Waals surface area contributed by atoms with Crippen LogP contribution < -0.4 is 5.32 Å². The number of likely N-dealkylation sites (tertiary alicyclic amines) is 1. The second-order valence-electron chi connectivity index (χ2n) is 8.34. The quantitative estimate of drug-likeness (QED) is 0.796. The maximum Gasteiger partial charge on any atom is 0.223 e. The van der Waals surface area contributed by atoms with Gasteiger partial charge in [0, 0.05) is 55.9 Å². The predicted octanol–water partition coefficient (Wildman–Crippen LogP) is 1.60. The van der Waals surface area contributed by atoms with Crippen molar-refractivity contribution in [2.45, 2.75) is 57.8 Å². The Labute approximate surface area is 156 Å². The summed E-state index contributed by atoms with van der Waals surface area (Å²) in [7, 11) is 1.69. The van der Waals surface area contributed by atoms with Crippen molar-refractivity contribution in [1.29, 1.82) is 0 Å². The number of ether oxygens (including phenoxy) is 2. The van der Waals surface area contributed by atoms with E-state index >= 15 is 0 Å². The third-order valence-electron chi connectivity index (χ3n) is 5.27. The van der Waals surface area contributed by atoms with Crippen molar-refractivity contribution >= 4 is 5.91 Å². The third-order valence-corrected chi connectivity index (χ3v) is 5.27. The molecule has 146 valence electrons. The Kier molecular flexibility index (Phi) is 5.99. The molecule has 2 aliphatic heterocycles. The largest absolute Gasteiger partial charge is 0.383 e. The van der Waals surface area contributed by atoms with Gasteiger partial charge in [-0.1, -0.05) is 0 Å². The molecule has 0 saturated carbocycles. The van der Waals surface area contributed by atoms with E-state index in [0.717, 1.165) is 38.3 Å². The first kappa shape index (κ1) is 19.3. The number of methoxy groups -OCH3 is 1. The van der Waals surface area contributed by atoms with E-state index < -0.39 is 0 Å². The van der Waals surface area contributed by atoms with Crippen molar-refractivity contribution in [1.82, 2.24) is 20.0 Å². The zero-order valence-electron chi connectivity index (χ0n) is 16.4. The maximum atomic E-state index is 12.8. The van der Waals surface area contributed by atoms with Crippen molar-refractivity contribution in [3.63, 3.8) is 0 Å². The number of nitrogens with zero attached hydrogens (tertiary/aromatic N) is 3. The molecule has 0 aromatic carbocycles. The first-order valence-electron chi connectivity index (χ1n) is 9.54. The topological polar surface area (TPSA) is 68.6 Å². The van der Waals surface area contributed by atoms with Gasteiger partial charge in [-0.25, -0.2) is 0 Å². The number of rotatable bonds is 7. The van der Waals surface area contributed by atoms with Crippen LogP contribution in [-0.4, -0.2) is 65.6 Å². The molecule has 1 N–H and O–H groups in total. The number of aromatic nitrogens is 2. The summed E-state index contributed by atoms with van der Waals surface area (Å²) >= 11 is 0. The third kappa shape index (κ3) is 4.27. The predicted molar refractivity (Wildman–Crippen MR) is 98.8 cm³/mol. The normalized spacial score (nSPS) is 26.8. The Morgan fingerprint density at radius 1 is 1.42 bits per heavy atom. The average molecular weight is 364 g/mol. The molecule has 0 unspecified atom stereocenters. The maximum absolute atomic E-state index is 12.8. The molecule has 0 bridgehead atoms.